The molecule has 0 unspecified atom stereocenters. The predicted octanol–water partition coefficient (Wildman–Crippen LogP) is 1.20. The molecule has 1 aliphatic rings. The number of sulfone groups is 1. The summed E-state index contributed by atoms with van der Waals surface area (Å²) in [5.41, 5.74) is -2.56. The number of nitrogens with zero attached hydrogens (tertiary/aromatic N) is 1. The number of aliphatic hydroxyl groups is 1. The maximum atomic E-state index is 12.6. The summed E-state index contributed by atoms with van der Waals surface area (Å²) in [6, 6.07) is 0. The fraction of sp³-hybridized carbons (Fsp3) is 1.00. The van der Waals surface area contributed by atoms with Crippen LogP contribution in [0.15, 0.2) is 0 Å². The first-order valence-corrected chi connectivity index (χ1v) is 8.29. The standard InChI is InChI=1S/C11H20F3NO3S/c1-19(17,18)9-3-2-6-15-7-4-10(16,5-8-15)11(12,13)14/h16H,2-9H2,1H3. The molecule has 0 saturated carbocycles. The summed E-state index contributed by atoms with van der Waals surface area (Å²) in [5.74, 6) is 0.104. The van der Waals surface area contributed by atoms with Crippen LogP contribution in [-0.2, 0) is 9.84 Å². The number of hydrogen-bond acceptors (Lipinski definition) is 4. The average molecular weight is 303 g/mol. The molecule has 114 valence electrons. The second-order valence-corrected chi connectivity index (χ2v) is 7.47. The lowest BCUT2D eigenvalue weighted by Gasteiger charge is -2.39. The van der Waals surface area contributed by atoms with Gasteiger partial charge in [0.25, 0.3) is 0 Å². The van der Waals surface area contributed by atoms with Gasteiger partial charge in [0.2, 0.25) is 0 Å². The van der Waals surface area contributed by atoms with Gasteiger partial charge < -0.3 is 10.0 Å². The number of halogens is 3. The van der Waals surface area contributed by atoms with Crippen molar-refractivity contribution in [2.45, 2.75) is 37.5 Å². The highest BCUT2D eigenvalue weighted by Gasteiger charge is 2.54. The van der Waals surface area contributed by atoms with Crippen molar-refractivity contribution in [3.05, 3.63) is 0 Å². The van der Waals surface area contributed by atoms with Crippen LogP contribution in [0, 0.1) is 0 Å². The zero-order valence-corrected chi connectivity index (χ0v) is 11.7. The molecule has 8 heteroatoms. The Morgan fingerprint density at radius 3 is 2.16 bits per heavy atom. The third-order valence-electron chi connectivity index (χ3n) is 3.45. The van der Waals surface area contributed by atoms with Crippen LogP contribution in [-0.4, -0.2) is 61.8 Å². The Labute approximate surface area is 111 Å². The van der Waals surface area contributed by atoms with Gasteiger partial charge in [-0.3, -0.25) is 0 Å². The molecule has 4 nitrogen and oxygen atoms in total. The molecule has 19 heavy (non-hydrogen) atoms. The van der Waals surface area contributed by atoms with Gasteiger partial charge in [-0.1, -0.05) is 0 Å². The molecule has 1 heterocycles. The van der Waals surface area contributed by atoms with Crippen LogP contribution in [0.25, 0.3) is 0 Å². The van der Waals surface area contributed by atoms with Gasteiger partial charge in [0.1, 0.15) is 9.84 Å². The summed E-state index contributed by atoms with van der Waals surface area (Å²) >= 11 is 0. The SMILES string of the molecule is CS(=O)(=O)CCCCN1CCC(O)(C(F)(F)F)CC1. The van der Waals surface area contributed by atoms with Crippen LogP contribution in [0.4, 0.5) is 13.2 Å². The third-order valence-corrected chi connectivity index (χ3v) is 4.48. The Morgan fingerprint density at radius 1 is 1.21 bits per heavy atom. The van der Waals surface area contributed by atoms with Gasteiger partial charge in [0.15, 0.2) is 5.60 Å². The Morgan fingerprint density at radius 2 is 1.74 bits per heavy atom. The molecule has 0 atom stereocenters. The van der Waals surface area contributed by atoms with Gasteiger partial charge in [-0.2, -0.15) is 13.2 Å². The van der Waals surface area contributed by atoms with Crippen molar-refractivity contribution in [2.75, 3.05) is 31.6 Å². The Kier molecular flexibility index (Phi) is 5.25. The van der Waals surface area contributed by atoms with E-state index in [9.17, 15) is 26.7 Å². The maximum Gasteiger partial charge on any atom is 0.417 e. The van der Waals surface area contributed by atoms with E-state index in [-0.39, 0.29) is 31.7 Å². The maximum absolute atomic E-state index is 12.6. The summed E-state index contributed by atoms with van der Waals surface area (Å²) in [4.78, 5) is 1.84. The van der Waals surface area contributed by atoms with Gasteiger partial charge >= 0.3 is 6.18 Å². The van der Waals surface area contributed by atoms with E-state index in [0.29, 0.717) is 19.4 Å². The fourth-order valence-electron chi connectivity index (χ4n) is 2.13. The van der Waals surface area contributed by atoms with E-state index in [1.165, 1.54) is 0 Å². The van der Waals surface area contributed by atoms with Crippen molar-refractivity contribution in [1.82, 2.24) is 4.90 Å². The van der Waals surface area contributed by atoms with Gasteiger partial charge in [0.05, 0.1) is 0 Å². The van der Waals surface area contributed by atoms with Crippen LogP contribution in [0.3, 0.4) is 0 Å². The van der Waals surface area contributed by atoms with Crippen molar-refractivity contribution < 1.29 is 26.7 Å². The van der Waals surface area contributed by atoms with Crippen LogP contribution in [0.1, 0.15) is 25.7 Å². The lowest BCUT2D eigenvalue weighted by atomic mass is 9.91. The molecule has 1 rings (SSSR count). The minimum atomic E-state index is -4.57. The lowest BCUT2D eigenvalue weighted by molar-refractivity contribution is -0.272. The van der Waals surface area contributed by atoms with Crippen molar-refractivity contribution in [2.24, 2.45) is 0 Å². The van der Waals surface area contributed by atoms with Crippen molar-refractivity contribution in [3.8, 4) is 0 Å². The van der Waals surface area contributed by atoms with E-state index >= 15 is 0 Å². The van der Waals surface area contributed by atoms with Crippen molar-refractivity contribution >= 4 is 9.84 Å². The van der Waals surface area contributed by atoms with Crippen LogP contribution in [0.2, 0.25) is 0 Å². The Balaban J connectivity index is 2.28. The van der Waals surface area contributed by atoms with Gasteiger partial charge in [0, 0.05) is 25.1 Å². The zero-order chi connectivity index (χ0) is 14.7. The molecule has 0 bridgehead atoms. The highest BCUT2D eigenvalue weighted by atomic mass is 32.2. The summed E-state index contributed by atoms with van der Waals surface area (Å²) < 4.78 is 59.5. The largest absolute Gasteiger partial charge is 0.417 e. The molecule has 0 spiro atoms. The zero-order valence-electron chi connectivity index (χ0n) is 10.9. The molecule has 0 aromatic rings. The smallest absolute Gasteiger partial charge is 0.380 e. The number of rotatable bonds is 5. The minimum absolute atomic E-state index is 0.104. The van der Waals surface area contributed by atoms with E-state index in [4.69, 9.17) is 0 Å². The molecule has 0 aliphatic carbocycles. The van der Waals surface area contributed by atoms with Crippen LogP contribution < -0.4 is 0 Å². The third kappa shape index (κ3) is 5.27. The van der Waals surface area contributed by atoms with E-state index < -0.39 is 21.6 Å². The molecule has 1 saturated heterocycles. The normalized spacial score (nSPS) is 21.5. The Bertz CT molecular complexity index is 386. The first-order chi connectivity index (χ1) is 8.54. The highest BCUT2D eigenvalue weighted by molar-refractivity contribution is 7.90. The number of alkyl halides is 3. The molecular weight excluding hydrogens is 283 g/mol. The summed E-state index contributed by atoms with van der Waals surface area (Å²) in [5, 5.41) is 9.47. The Hall–Kier alpha value is -0.340. The van der Waals surface area contributed by atoms with Gasteiger partial charge in [-0.25, -0.2) is 8.42 Å². The lowest BCUT2D eigenvalue weighted by Crippen LogP contribution is -2.53. The molecule has 0 amide bonds. The molecule has 0 radical (unpaired) electrons. The predicted molar refractivity (Wildman–Crippen MR) is 65.6 cm³/mol. The highest BCUT2D eigenvalue weighted by Crippen LogP contribution is 2.38. The van der Waals surface area contributed by atoms with E-state index in [2.05, 4.69) is 0 Å². The first-order valence-electron chi connectivity index (χ1n) is 6.23. The second kappa shape index (κ2) is 5.97. The second-order valence-electron chi connectivity index (χ2n) is 5.21. The number of likely N-dealkylation sites (tertiary alicyclic amines) is 1. The minimum Gasteiger partial charge on any atom is -0.380 e. The fourth-order valence-corrected chi connectivity index (χ4v) is 2.86. The molecule has 1 fully saturated rings. The number of hydrogen-bond donors (Lipinski definition) is 1. The molecular formula is C11H20F3NO3S. The van der Waals surface area contributed by atoms with Crippen molar-refractivity contribution in [3.63, 3.8) is 0 Å². The van der Waals surface area contributed by atoms with Gasteiger partial charge in [-0.05, 0) is 32.2 Å². The molecule has 0 aromatic heterocycles. The first kappa shape index (κ1) is 16.7. The van der Waals surface area contributed by atoms with E-state index in [1.807, 2.05) is 4.90 Å². The van der Waals surface area contributed by atoms with E-state index in [0.717, 1.165) is 6.26 Å². The topological polar surface area (TPSA) is 57.6 Å². The number of unbranched alkanes of at least 4 members (excludes halogenated alkanes) is 1. The molecule has 1 aliphatic heterocycles. The summed E-state index contributed by atoms with van der Waals surface area (Å²) in [6.07, 6.45) is -2.89. The average Bonchev–Trinajstić information content (AvgIpc) is 2.24. The summed E-state index contributed by atoms with van der Waals surface area (Å²) in [6.45, 7) is 0.952. The number of piperidine rings is 1. The van der Waals surface area contributed by atoms with Crippen LogP contribution >= 0.6 is 0 Å². The van der Waals surface area contributed by atoms with Crippen molar-refractivity contribution in [1.29, 1.82) is 0 Å². The monoisotopic (exact) mass is 303 g/mol. The van der Waals surface area contributed by atoms with Crippen LogP contribution in [0.5, 0.6) is 0 Å². The molecule has 0 aromatic carbocycles. The molecule has 1 N–H and O–H groups in total. The van der Waals surface area contributed by atoms with E-state index in [1.54, 1.807) is 0 Å². The quantitative estimate of drug-likeness (QED) is 0.775. The summed E-state index contributed by atoms with van der Waals surface area (Å²) in [7, 11) is -2.97. The van der Waals surface area contributed by atoms with Gasteiger partial charge in [-0.15, -0.1) is 0 Å².